The number of aliphatic carboxylic acids is 1. The molecule has 0 heterocycles. The fourth-order valence-corrected chi connectivity index (χ4v) is 3.75. The number of hydrogen-bond donors (Lipinski definition) is 4. The summed E-state index contributed by atoms with van der Waals surface area (Å²) in [6.07, 6.45) is -0.745. The van der Waals surface area contributed by atoms with Crippen molar-refractivity contribution in [2.45, 2.75) is 38.3 Å². The summed E-state index contributed by atoms with van der Waals surface area (Å²) in [6.45, 7) is 4.18. The molecule has 0 fully saturated rings. The third-order valence-electron chi connectivity index (χ3n) is 5.63. The first-order valence-corrected chi connectivity index (χ1v) is 10.5. The molecule has 32 heavy (non-hydrogen) atoms. The van der Waals surface area contributed by atoms with Gasteiger partial charge in [0, 0.05) is 5.92 Å². The van der Waals surface area contributed by atoms with Gasteiger partial charge in [-0.2, -0.15) is 0 Å². The van der Waals surface area contributed by atoms with Crippen LogP contribution in [0.25, 0.3) is 11.1 Å². The van der Waals surface area contributed by atoms with E-state index in [2.05, 4.69) is 10.6 Å². The second-order valence-electron chi connectivity index (χ2n) is 8.49. The van der Waals surface area contributed by atoms with Crippen LogP contribution < -0.4 is 10.6 Å². The zero-order valence-corrected chi connectivity index (χ0v) is 18.3. The molecule has 0 aromatic heterocycles. The molecule has 8 heteroatoms. The summed E-state index contributed by atoms with van der Waals surface area (Å²) in [5.41, 5.74) is 2.27. The summed E-state index contributed by atoms with van der Waals surface area (Å²) in [5.74, 6) is -2.45. The van der Waals surface area contributed by atoms with Crippen LogP contribution in [0.5, 0.6) is 0 Å². The van der Waals surface area contributed by atoms with Gasteiger partial charge >= 0.3 is 12.1 Å². The number of carboxylic acid groups (broad SMARTS) is 1. The molecule has 3 rings (SSSR count). The first-order chi connectivity index (χ1) is 15.1. The number of amides is 2. The molecule has 2 unspecified atom stereocenters. The van der Waals surface area contributed by atoms with Crippen LogP contribution in [0.15, 0.2) is 48.5 Å². The third kappa shape index (κ3) is 4.91. The third-order valence-corrected chi connectivity index (χ3v) is 5.63. The molecule has 2 aromatic carbocycles. The van der Waals surface area contributed by atoms with E-state index in [-0.39, 0.29) is 18.4 Å². The molecule has 0 saturated heterocycles. The molecule has 2 atom stereocenters. The van der Waals surface area contributed by atoms with E-state index in [4.69, 9.17) is 9.84 Å². The van der Waals surface area contributed by atoms with E-state index < -0.39 is 36.2 Å². The molecule has 0 spiro atoms. The van der Waals surface area contributed by atoms with E-state index in [1.807, 2.05) is 48.5 Å². The molecule has 2 amide bonds. The number of hydrogen-bond acceptors (Lipinski definition) is 5. The standard InChI is InChI=1S/C24H28N2O6/c1-14(2)20(21(27)25-13-24(3,31)22(28)29)26-23(30)32-12-19-17-10-6-4-8-15(17)16-9-5-7-11-18(16)19/h4-11,14,19-20,31H,12-13H2,1-3H3,(H,25,27)(H,26,30)(H,28,29). The van der Waals surface area contributed by atoms with Gasteiger partial charge in [0.1, 0.15) is 12.6 Å². The number of carboxylic acids is 1. The highest BCUT2D eigenvalue weighted by molar-refractivity contribution is 5.87. The minimum Gasteiger partial charge on any atom is -0.479 e. The van der Waals surface area contributed by atoms with Gasteiger partial charge in [-0.25, -0.2) is 9.59 Å². The van der Waals surface area contributed by atoms with Gasteiger partial charge in [0.2, 0.25) is 5.91 Å². The molecular weight excluding hydrogens is 412 g/mol. The van der Waals surface area contributed by atoms with Crippen molar-refractivity contribution in [1.29, 1.82) is 0 Å². The Bertz CT molecular complexity index is 972. The second-order valence-corrected chi connectivity index (χ2v) is 8.49. The number of carbonyl (C=O) groups is 3. The summed E-state index contributed by atoms with van der Waals surface area (Å²) in [6, 6.07) is 15.0. The molecule has 4 N–H and O–H groups in total. The number of carbonyl (C=O) groups excluding carboxylic acids is 2. The Morgan fingerprint density at radius 3 is 2.06 bits per heavy atom. The van der Waals surface area contributed by atoms with Crippen LogP contribution in [-0.4, -0.2) is 53.0 Å². The van der Waals surface area contributed by atoms with E-state index >= 15 is 0 Å². The summed E-state index contributed by atoms with van der Waals surface area (Å²) in [7, 11) is 0. The van der Waals surface area contributed by atoms with Gasteiger partial charge in [-0.3, -0.25) is 4.79 Å². The summed E-state index contributed by atoms with van der Waals surface area (Å²) >= 11 is 0. The van der Waals surface area contributed by atoms with E-state index in [1.54, 1.807) is 13.8 Å². The van der Waals surface area contributed by atoms with E-state index in [0.29, 0.717) is 0 Å². The number of ether oxygens (including phenoxy) is 1. The highest BCUT2D eigenvalue weighted by atomic mass is 16.5. The first-order valence-electron chi connectivity index (χ1n) is 10.5. The van der Waals surface area contributed by atoms with Crippen molar-refractivity contribution in [3.8, 4) is 11.1 Å². The minimum absolute atomic E-state index is 0.106. The summed E-state index contributed by atoms with van der Waals surface area (Å²) in [5, 5.41) is 23.7. The van der Waals surface area contributed by atoms with Crippen molar-refractivity contribution in [3.63, 3.8) is 0 Å². The maximum Gasteiger partial charge on any atom is 0.407 e. The van der Waals surface area contributed by atoms with Crippen molar-refractivity contribution >= 4 is 18.0 Å². The lowest BCUT2D eigenvalue weighted by atomic mass is 9.98. The number of benzene rings is 2. The minimum atomic E-state index is -2.11. The van der Waals surface area contributed by atoms with E-state index in [0.717, 1.165) is 29.2 Å². The van der Waals surface area contributed by atoms with Crippen LogP contribution in [0.3, 0.4) is 0 Å². The number of fused-ring (bicyclic) bond motifs is 3. The Balaban J connectivity index is 1.63. The predicted octanol–water partition coefficient (Wildman–Crippen LogP) is 2.50. The number of aliphatic hydroxyl groups is 1. The van der Waals surface area contributed by atoms with Crippen molar-refractivity contribution in [2.75, 3.05) is 13.2 Å². The molecule has 2 aromatic rings. The average Bonchev–Trinajstić information content (AvgIpc) is 3.08. The number of rotatable bonds is 8. The van der Waals surface area contributed by atoms with E-state index in [1.165, 1.54) is 0 Å². The van der Waals surface area contributed by atoms with Gasteiger partial charge in [-0.1, -0.05) is 62.4 Å². The fraction of sp³-hybridized carbons (Fsp3) is 0.375. The molecule has 0 aliphatic heterocycles. The van der Waals surface area contributed by atoms with Gasteiger partial charge < -0.3 is 25.6 Å². The highest BCUT2D eigenvalue weighted by Gasteiger charge is 2.33. The maximum absolute atomic E-state index is 12.5. The number of nitrogens with one attached hydrogen (secondary N) is 2. The lowest BCUT2D eigenvalue weighted by Gasteiger charge is -2.24. The second kappa shape index (κ2) is 9.40. The van der Waals surface area contributed by atoms with E-state index in [9.17, 15) is 19.5 Å². The lowest BCUT2D eigenvalue weighted by molar-refractivity contribution is -0.156. The zero-order valence-electron chi connectivity index (χ0n) is 18.3. The Morgan fingerprint density at radius 1 is 1.03 bits per heavy atom. The molecule has 8 nitrogen and oxygen atoms in total. The Labute approximate surface area is 186 Å². The smallest absolute Gasteiger partial charge is 0.407 e. The SMILES string of the molecule is CC(C)C(NC(=O)OCC1c2ccccc2-c2ccccc21)C(=O)NCC(C)(O)C(=O)O. The average molecular weight is 440 g/mol. The molecule has 170 valence electrons. The largest absolute Gasteiger partial charge is 0.479 e. The molecule has 1 aliphatic rings. The van der Waals surface area contributed by atoms with Gasteiger partial charge in [-0.15, -0.1) is 0 Å². The normalized spacial score (nSPS) is 15.3. The first kappa shape index (κ1) is 23.3. The van der Waals surface area contributed by atoms with Crippen molar-refractivity contribution in [1.82, 2.24) is 10.6 Å². The van der Waals surface area contributed by atoms with Crippen LogP contribution in [-0.2, 0) is 14.3 Å². The van der Waals surface area contributed by atoms with Crippen molar-refractivity contribution in [2.24, 2.45) is 5.92 Å². The van der Waals surface area contributed by atoms with Gasteiger partial charge in [0.25, 0.3) is 0 Å². The van der Waals surface area contributed by atoms with Crippen LogP contribution >= 0.6 is 0 Å². The van der Waals surface area contributed by atoms with Gasteiger partial charge in [0.05, 0.1) is 6.54 Å². The lowest BCUT2D eigenvalue weighted by Crippen LogP contribution is -2.54. The van der Waals surface area contributed by atoms with Crippen molar-refractivity contribution in [3.05, 3.63) is 59.7 Å². The number of alkyl carbamates (subject to hydrolysis) is 1. The van der Waals surface area contributed by atoms with Crippen LogP contribution in [0.2, 0.25) is 0 Å². The molecular formula is C24H28N2O6. The zero-order chi connectivity index (χ0) is 23.5. The fourth-order valence-electron chi connectivity index (χ4n) is 3.75. The van der Waals surface area contributed by atoms with Gasteiger partial charge in [-0.05, 0) is 35.1 Å². The summed E-state index contributed by atoms with van der Waals surface area (Å²) in [4.78, 5) is 36.0. The van der Waals surface area contributed by atoms with Crippen LogP contribution in [0, 0.1) is 5.92 Å². The monoisotopic (exact) mass is 440 g/mol. The van der Waals surface area contributed by atoms with Gasteiger partial charge in [0.15, 0.2) is 5.60 Å². The summed E-state index contributed by atoms with van der Waals surface area (Å²) < 4.78 is 5.48. The van der Waals surface area contributed by atoms with Crippen LogP contribution in [0.1, 0.15) is 37.8 Å². The maximum atomic E-state index is 12.5. The Kier molecular flexibility index (Phi) is 6.84. The quantitative estimate of drug-likeness (QED) is 0.500. The van der Waals surface area contributed by atoms with Crippen LogP contribution in [0.4, 0.5) is 4.79 Å². The predicted molar refractivity (Wildman–Crippen MR) is 118 cm³/mol. The Hall–Kier alpha value is -3.39. The highest BCUT2D eigenvalue weighted by Crippen LogP contribution is 2.44. The molecule has 0 bridgehead atoms. The topological polar surface area (TPSA) is 125 Å². The molecule has 0 saturated carbocycles. The molecule has 1 aliphatic carbocycles. The van der Waals surface area contributed by atoms with Crippen molar-refractivity contribution < 1.29 is 29.3 Å². The Morgan fingerprint density at radius 2 is 1.56 bits per heavy atom. The molecule has 0 radical (unpaired) electrons.